The third-order valence-electron chi connectivity index (χ3n) is 3.79. The predicted molar refractivity (Wildman–Crippen MR) is 75.9 cm³/mol. The molecule has 0 radical (unpaired) electrons. The van der Waals surface area contributed by atoms with Gasteiger partial charge in [-0.3, -0.25) is 9.59 Å². The van der Waals surface area contributed by atoms with Crippen molar-refractivity contribution in [3.8, 4) is 0 Å². The van der Waals surface area contributed by atoms with Gasteiger partial charge in [0, 0.05) is 17.8 Å². The molecule has 5 heteroatoms. The van der Waals surface area contributed by atoms with Gasteiger partial charge in [-0.1, -0.05) is 6.92 Å². The van der Waals surface area contributed by atoms with E-state index in [1.54, 1.807) is 16.2 Å². The molecular weight excluding hydrogens is 260 g/mol. The maximum Gasteiger partial charge on any atom is 0.248 e. The van der Waals surface area contributed by atoms with Gasteiger partial charge < -0.3 is 10.2 Å². The van der Waals surface area contributed by atoms with E-state index in [9.17, 15) is 9.59 Å². The number of hydrogen-bond acceptors (Lipinski definition) is 3. The molecule has 1 aromatic rings. The number of nitrogens with one attached hydrogen (secondary N) is 1. The molecule has 1 unspecified atom stereocenters. The van der Waals surface area contributed by atoms with Crippen LogP contribution in [0.25, 0.3) is 0 Å². The minimum absolute atomic E-state index is 0.0219. The molecule has 0 bridgehead atoms. The quantitative estimate of drug-likeness (QED) is 0.921. The molecule has 4 nitrogen and oxygen atoms in total. The smallest absolute Gasteiger partial charge is 0.248 e. The maximum atomic E-state index is 12.6. The van der Waals surface area contributed by atoms with Crippen LogP contribution in [0.15, 0.2) is 11.4 Å². The Morgan fingerprint density at radius 1 is 1.47 bits per heavy atom. The molecule has 2 heterocycles. The minimum atomic E-state index is -0.765. The van der Waals surface area contributed by atoms with Crippen molar-refractivity contribution in [3.63, 3.8) is 0 Å². The molecule has 1 N–H and O–H groups in total. The Bertz CT molecular complexity index is 497. The molecule has 0 aliphatic carbocycles. The Morgan fingerprint density at radius 3 is 2.79 bits per heavy atom. The Balaban J connectivity index is 2.22. The van der Waals surface area contributed by atoms with E-state index in [1.165, 1.54) is 10.4 Å². The number of carbonyl (C=O) groups excluding carboxylic acids is 2. The van der Waals surface area contributed by atoms with E-state index in [2.05, 4.69) is 18.3 Å². The largest absolute Gasteiger partial charge is 0.342 e. The summed E-state index contributed by atoms with van der Waals surface area (Å²) in [6, 6.07) is 2.06. The SMILES string of the molecule is CCC1(C)NC(=O)CCN(Cc2sccc2C)C1=O. The van der Waals surface area contributed by atoms with Crippen molar-refractivity contribution in [1.29, 1.82) is 0 Å². The van der Waals surface area contributed by atoms with Gasteiger partial charge in [-0.05, 0) is 37.3 Å². The highest BCUT2D eigenvalue weighted by molar-refractivity contribution is 7.10. The van der Waals surface area contributed by atoms with E-state index in [1.807, 2.05) is 19.2 Å². The number of thiophene rings is 1. The van der Waals surface area contributed by atoms with Crippen molar-refractivity contribution in [2.24, 2.45) is 0 Å². The molecule has 0 saturated carbocycles. The summed E-state index contributed by atoms with van der Waals surface area (Å²) < 4.78 is 0. The molecule has 19 heavy (non-hydrogen) atoms. The molecule has 2 rings (SSSR count). The van der Waals surface area contributed by atoms with Gasteiger partial charge in [0.1, 0.15) is 5.54 Å². The highest BCUT2D eigenvalue weighted by Crippen LogP contribution is 2.23. The number of rotatable bonds is 3. The summed E-state index contributed by atoms with van der Waals surface area (Å²) in [5.41, 5.74) is 0.443. The number of hydrogen-bond donors (Lipinski definition) is 1. The fourth-order valence-corrected chi connectivity index (χ4v) is 3.16. The zero-order valence-electron chi connectivity index (χ0n) is 11.7. The number of aryl methyl sites for hydroxylation is 1. The zero-order chi connectivity index (χ0) is 14.0. The topological polar surface area (TPSA) is 49.4 Å². The van der Waals surface area contributed by atoms with Crippen LogP contribution in [0.4, 0.5) is 0 Å². The van der Waals surface area contributed by atoms with Crippen LogP contribution >= 0.6 is 11.3 Å². The minimum Gasteiger partial charge on any atom is -0.342 e. The Kier molecular flexibility index (Phi) is 3.94. The van der Waals surface area contributed by atoms with Crippen LogP contribution < -0.4 is 5.32 Å². The second-order valence-electron chi connectivity index (χ2n) is 5.24. The fourth-order valence-electron chi connectivity index (χ4n) is 2.24. The number of amides is 2. The molecule has 1 atom stereocenters. The predicted octanol–water partition coefficient (Wildman–Crippen LogP) is 2.07. The highest BCUT2D eigenvalue weighted by atomic mass is 32.1. The lowest BCUT2D eigenvalue weighted by molar-refractivity contribution is -0.138. The second kappa shape index (κ2) is 5.33. The first kappa shape index (κ1) is 14.1. The summed E-state index contributed by atoms with van der Waals surface area (Å²) in [7, 11) is 0. The van der Waals surface area contributed by atoms with Crippen LogP contribution in [0.1, 0.15) is 37.1 Å². The van der Waals surface area contributed by atoms with E-state index in [-0.39, 0.29) is 11.8 Å². The van der Waals surface area contributed by atoms with E-state index in [0.29, 0.717) is 25.9 Å². The molecule has 1 fully saturated rings. The van der Waals surface area contributed by atoms with Crippen LogP contribution in [0.5, 0.6) is 0 Å². The Morgan fingerprint density at radius 2 is 2.21 bits per heavy atom. The summed E-state index contributed by atoms with van der Waals surface area (Å²) in [4.78, 5) is 27.3. The normalized spacial score (nSPS) is 24.3. The summed E-state index contributed by atoms with van der Waals surface area (Å²) >= 11 is 1.66. The monoisotopic (exact) mass is 280 g/mol. The van der Waals surface area contributed by atoms with Crippen LogP contribution in [0.3, 0.4) is 0 Å². The van der Waals surface area contributed by atoms with E-state index < -0.39 is 5.54 Å². The van der Waals surface area contributed by atoms with Crippen LogP contribution in [0, 0.1) is 6.92 Å². The van der Waals surface area contributed by atoms with Crippen molar-refractivity contribution >= 4 is 23.2 Å². The van der Waals surface area contributed by atoms with Gasteiger partial charge >= 0.3 is 0 Å². The lowest BCUT2D eigenvalue weighted by Crippen LogP contribution is -2.54. The van der Waals surface area contributed by atoms with Crippen LogP contribution in [0.2, 0.25) is 0 Å². The Labute approximate surface area is 117 Å². The van der Waals surface area contributed by atoms with E-state index in [0.717, 1.165) is 0 Å². The molecule has 2 amide bonds. The van der Waals surface area contributed by atoms with Gasteiger partial charge in [-0.2, -0.15) is 0 Å². The van der Waals surface area contributed by atoms with Gasteiger partial charge in [-0.15, -0.1) is 11.3 Å². The fraction of sp³-hybridized carbons (Fsp3) is 0.571. The lowest BCUT2D eigenvalue weighted by Gasteiger charge is -2.31. The van der Waals surface area contributed by atoms with Gasteiger partial charge in [0.05, 0.1) is 6.54 Å². The standard InChI is InChI=1S/C14H20N2O2S/c1-4-14(3)13(18)16(7-5-12(17)15-14)9-11-10(2)6-8-19-11/h6,8H,4-5,7,9H2,1-3H3,(H,15,17). The summed E-state index contributed by atoms with van der Waals surface area (Å²) in [5.74, 6) is -0.0169. The number of nitrogens with zero attached hydrogens (tertiary/aromatic N) is 1. The molecule has 104 valence electrons. The highest BCUT2D eigenvalue weighted by Gasteiger charge is 2.39. The molecule has 0 spiro atoms. The molecular formula is C14H20N2O2S. The third kappa shape index (κ3) is 2.81. The average molecular weight is 280 g/mol. The van der Waals surface area contributed by atoms with Gasteiger partial charge in [0.2, 0.25) is 11.8 Å². The first-order chi connectivity index (χ1) is 8.96. The maximum absolute atomic E-state index is 12.6. The molecule has 1 aromatic heterocycles. The zero-order valence-corrected chi connectivity index (χ0v) is 12.5. The number of carbonyl (C=O) groups is 2. The summed E-state index contributed by atoms with van der Waals surface area (Å²) in [6.45, 7) is 6.89. The van der Waals surface area contributed by atoms with E-state index in [4.69, 9.17) is 0 Å². The van der Waals surface area contributed by atoms with Crippen molar-refractivity contribution in [3.05, 3.63) is 21.9 Å². The van der Waals surface area contributed by atoms with E-state index >= 15 is 0 Å². The molecule has 1 saturated heterocycles. The summed E-state index contributed by atoms with van der Waals surface area (Å²) in [6.07, 6.45) is 0.989. The van der Waals surface area contributed by atoms with Gasteiger partial charge in [-0.25, -0.2) is 0 Å². The van der Waals surface area contributed by atoms with Crippen molar-refractivity contribution in [2.45, 2.75) is 45.7 Å². The lowest BCUT2D eigenvalue weighted by atomic mass is 9.97. The molecule has 1 aliphatic heterocycles. The second-order valence-corrected chi connectivity index (χ2v) is 6.24. The molecule has 1 aliphatic rings. The van der Waals surface area contributed by atoms with Crippen LogP contribution in [-0.2, 0) is 16.1 Å². The molecule has 0 aromatic carbocycles. The first-order valence-electron chi connectivity index (χ1n) is 6.59. The Hall–Kier alpha value is -1.36. The third-order valence-corrected chi connectivity index (χ3v) is 4.80. The van der Waals surface area contributed by atoms with Crippen LogP contribution in [-0.4, -0.2) is 28.8 Å². The van der Waals surface area contributed by atoms with Crippen molar-refractivity contribution in [1.82, 2.24) is 10.2 Å². The average Bonchev–Trinajstić information content (AvgIpc) is 2.74. The van der Waals surface area contributed by atoms with Crippen molar-refractivity contribution < 1.29 is 9.59 Å². The first-order valence-corrected chi connectivity index (χ1v) is 7.47. The summed E-state index contributed by atoms with van der Waals surface area (Å²) in [5, 5.41) is 4.89. The van der Waals surface area contributed by atoms with Gasteiger partial charge in [0.25, 0.3) is 0 Å². The van der Waals surface area contributed by atoms with Crippen molar-refractivity contribution in [2.75, 3.05) is 6.54 Å². The van der Waals surface area contributed by atoms with Gasteiger partial charge in [0.15, 0.2) is 0 Å².